The van der Waals surface area contributed by atoms with E-state index in [0.717, 1.165) is 5.88 Å². The summed E-state index contributed by atoms with van der Waals surface area (Å²) in [7, 11) is 0. The smallest absolute Gasteiger partial charge is 0.0223 e. The molecule has 0 saturated carbocycles. The molecule has 1 aromatic rings. The lowest BCUT2D eigenvalue weighted by Crippen LogP contribution is -1.82. The Bertz CT molecular complexity index is 242. The van der Waals surface area contributed by atoms with Crippen LogP contribution in [-0.4, -0.2) is 5.88 Å². The van der Waals surface area contributed by atoms with Crippen molar-refractivity contribution >= 4 is 11.6 Å². The van der Waals surface area contributed by atoms with Crippen molar-refractivity contribution in [2.75, 3.05) is 5.88 Å². The molecule has 1 aromatic carbocycles. The molecular weight excluding hydrogens is 204 g/mol. The third-order valence-corrected chi connectivity index (χ3v) is 2.88. The van der Waals surface area contributed by atoms with Crippen molar-refractivity contribution in [3.05, 3.63) is 34.9 Å². The zero-order valence-electron chi connectivity index (χ0n) is 10.4. The highest BCUT2D eigenvalue weighted by molar-refractivity contribution is 6.17. The lowest BCUT2D eigenvalue weighted by Gasteiger charge is -2.00. The van der Waals surface area contributed by atoms with Gasteiger partial charge in [-0.25, -0.2) is 0 Å². The second-order valence-corrected chi connectivity index (χ2v) is 4.29. The maximum atomic E-state index is 5.38. The average molecular weight is 227 g/mol. The summed E-state index contributed by atoms with van der Waals surface area (Å²) in [6, 6.07) is 6.38. The van der Waals surface area contributed by atoms with Gasteiger partial charge in [0.25, 0.3) is 0 Å². The van der Waals surface area contributed by atoms with Crippen LogP contribution in [0.15, 0.2) is 18.2 Å². The minimum atomic E-state index is 0.827. The summed E-state index contributed by atoms with van der Waals surface area (Å²) in [6.07, 6.45) is 3.73. The van der Waals surface area contributed by atoms with Crippen molar-refractivity contribution in [1.82, 2.24) is 0 Å². The highest BCUT2D eigenvalue weighted by Crippen LogP contribution is 2.09. The van der Waals surface area contributed by atoms with Crippen molar-refractivity contribution in [2.24, 2.45) is 0 Å². The molecule has 0 spiro atoms. The first kappa shape index (κ1) is 14.5. The molecule has 0 aromatic heterocycles. The first-order valence-electron chi connectivity index (χ1n) is 5.72. The lowest BCUT2D eigenvalue weighted by atomic mass is 10.1. The first-order chi connectivity index (χ1) is 7.13. The number of halogens is 1. The predicted molar refractivity (Wildman–Crippen MR) is 70.9 cm³/mol. The summed E-state index contributed by atoms with van der Waals surface area (Å²) in [5.41, 5.74) is 4.18. The SMILES string of the molecule is CCCCCCl.Cc1cccc(C)c1C. The maximum Gasteiger partial charge on any atom is 0.0223 e. The highest BCUT2D eigenvalue weighted by Gasteiger charge is 1.91. The molecule has 0 aliphatic heterocycles. The van der Waals surface area contributed by atoms with E-state index < -0.39 is 0 Å². The second-order valence-electron chi connectivity index (χ2n) is 3.91. The van der Waals surface area contributed by atoms with Crippen molar-refractivity contribution in [2.45, 2.75) is 47.0 Å². The van der Waals surface area contributed by atoms with Gasteiger partial charge >= 0.3 is 0 Å². The molecule has 0 heterocycles. The summed E-state index contributed by atoms with van der Waals surface area (Å²) in [5, 5.41) is 0. The molecule has 0 nitrogen and oxygen atoms in total. The zero-order chi connectivity index (χ0) is 11.7. The van der Waals surface area contributed by atoms with Crippen LogP contribution < -0.4 is 0 Å². The molecule has 15 heavy (non-hydrogen) atoms. The molecular formula is C14H23Cl. The number of alkyl halides is 1. The van der Waals surface area contributed by atoms with Crippen LogP contribution in [0.2, 0.25) is 0 Å². The monoisotopic (exact) mass is 226 g/mol. The number of rotatable bonds is 3. The van der Waals surface area contributed by atoms with Crippen LogP contribution in [0.1, 0.15) is 42.9 Å². The molecule has 0 atom stereocenters. The molecule has 0 bridgehead atoms. The minimum absolute atomic E-state index is 0.827. The standard InChI is InChI=1S/C9H12.C5H11Cl/c1-7-5-4-6-8(2)9(7)3;1-2-3-4-5-6/h4-6H,1-3H3;2-5H2,1H3. The van der Waals surface area contributed by atoms with Gasteiger partial charge in [-0.1, -0.05) is 38.0 Å². The molecule has 0 N–H and O–H groups in total. The minimum Gasteiger partial charge on any atom is -0.127 e. The maximum absolute atomic E-state index is 5.38. The Morgan fingerprint density at radius 1 is 1.00 bits per heavy atom. The van der Waals surface area contributed by atoms with Gasteiger partial charge in [-0.3, -0.25) is 0 Å². The van der Waals surface area contributed by atoms with Gasteiger partial charge in [-0.05, 0) is 43.9 Å². The fraction of sp³-hybridized carbons (Fsp3) is 0.571. The van der Waals surface area contributed by atoms with E-state index in [9.17, 15) is 0 Å². The van der Waals surface area contributed by atoms with E-state index in [1.54, 1.807) is 0 Å². The van der Waals surface area contributed by atoms with E-state index >= 15 is 0 Å². The van der Waals surface area contributed by atoms with Gasteiger partial charge in [0.1, 0.15) is 0 Å². The first-order valence-corrected chi connectivity index (χ1v) is 6.25. The molecule has 86 valence electrons. The van der Waals surface area contributed by atoms with Gasteiger partial charge in [0.2, 0.25) is 0 Å². The Labute approximate surface area is 99.7 Å². The topological polar surface area (TPSA) is 0 Å². The van der Waals surface area contributed by atoms with Gasteiger partial charge in [0.15, 0.2) is 0 Å². The van der Waals surface area contributed by atoms with Crippen LogP contribution in [0.4, 0.5) is 0 Å². The molecule has 0 aliphatic carbocycles. The number of aryl methyl sites for hydroxylation is 2. The van der Waals surface area contributed by atoms with Crippen LogP contribution in [0.5, 0.6) is 0 Å². The Balaban J connectivity index is 0.000000288. The summed E-state index contributed by atoms with van der Waals surface area (Å²) in [6.45, 7) is 8.61. The van der Waals surface area contributed by atoms with Gasteiger partial charge in [-0.2, -0.15) is 0 Å². The van der Waals surface area contributed by atoms with E-state index in [4.69, 9.17) is 11.6 Å². The van der Waals surface area contributed by atoms with Gasteiger partial charge in [-0.15, -0.1) is 11.6 Å². The Morgan fingerprint density at radius 2 is 1.53 bits per heavy atom. The van der Waals surface area contributed by atoms with Crippen molar-refractivity contribution in [3.8, 4) is 0 Å². The molecule has 0 amide bonds. The molecule has 0 aliphatic rings. The van der Waals surface area contributed by atoms with E-state index in [2.05, 4.69) is 45.9 Å². The molecule has 0 fully saturated rings. The van der Waals surface area contributed by atoms with Crippen LogP contribution in [-0.2, 0) is 0 Å². The largest absolute Gasteiger partial charge is 0.127 e. The number of hydrogen-bond donors (Lipinski definition) is 0. The van der Waals surface area contributed by atoms with Crippen LogP contribution in [0.25, 0.3) is 0 Å². The fourth-order valence-corrected chi connectivity index (χ4v) is 1.43. The Hall–Kier alpha value is -0.490. The summed E-state index contributed by atoms with van der Waals surface area (Å²) in [5.74, 6) is 0.827. The lowest BCUT2D eigenvalue weighted by molar-refractivity contribution is 0.776. The third-order valence-electron chi connectivity index (χ3n) is 2.61. The molecule has 0 saturated heterocycles. The van der Waals surface area contributed by atoms with E-state index in [1.165, 1.54) is 36.0 Å². The van der Waals surface area contributed by atoms with Crippen LogP contribution in [0.3, 0.4) is 0 Å². The van der Waals surface area contributed by atoms with Crippen molar-refractivity contribution in [1.29, 1.82) is 0 Å². The summed E-state index contributed by atoms with van der Waals surface area (Å²) in [4.78, 5) is 0. The van der Waals surface area contributed by atoms with Crippen molar-refractivity contribution in [3.63, 3.8) is 0 Å². The molecule has 1 rings (SSSR count). The molecule has 0 unspecified atom stereocenters. The zero-order valence-corrected chi connectivity index (χ0v) is 11.2. The third kappa shape index (κ3) is 6.57. The summed E-state index contributed by atoms with van der Waals surface area (Å²) >= 11 is 5.38. The number of unbranched alkanes of at least 4 members (excludes halogenated alkanes) is 2. The summed E-state index contributed by atoms with van der Waals surface area (Å²) < 4.78 is 0. The molecule has 0 radical (unpaired) electrons. The van der Waals surface area contributed by atoms with Crippen LogP contribution >= 0.6 is 11.6 Å². The Morgan fingerprint density at radius 3 is 1.80 bits per heavy atom. The van der Waals surface area contributed by atoms with E-state index in [-0.39, 0.29) is 0 Å². The second kappa shape index (κ2) is 8.79. The number of benzene rings is 1. The van der Waals surface area contributed by atoms with Crippen molar-refractivity contribution < 1.29 is 0 Å². The van der Waals surface area contributed by atoms with Gasteiger partial charge in [0, 0.05) is 5.88 Å². The number of hydrogen-bond acceptors (Lipinski definition) is 0. The molecule has 1 heteroatoms. The predicted octanol–water partition coefficient (Wildman–Crippen LogP) is 5.03. The quantitative estimate of drug-likeness (QED) is 0.501. The van der Waals surface area contributed by atoms with Crippen LogP contribution in [0, 0.1) is 20.8 Å². The normalized spacial score (nSPS) is 9.40. The van der Waals surface area contributed by atoms with E-state index in [1.807, 2.05) is 0 Å². The van der Waals surface area contributed by atoms with Gasteiger partial charge < -0.3 is 0 Å². The highest BCUT2D eigenvalue weighted by atomic mass is 35.5. The van der Waals surface area contributed by atoms with E-state index in [0.29, 0.717) is 0 Å². The average Bonchev–Trinajstić information content (AvgIpc) is 2.24. The van der Waals surface area contributed by atoms with Gasteiger partial charge in [0.05, 0.1) is 0 Å². The fourth-order valence-electron chi connectivity index (χ4n) is 1.24. The Kier molecular flexibility index (Phi) is 8.50.